The van der Waals surface area contributed by atoms with Gasteiger partial charge in [0.1, 0.15) is 12.1 Å². The molecule has 0 fully saturated rings. The quantitative estimate of drug-likeness (QED) is 0.0237. The molecule has 4 N–H and O–H groups in total. The molecule has 0 aliphatic rings. The van der Waals surface area contributed by atoms with Gasteiger partial charge in [-0.1, -0.05) is 138 Å². The largest absolute Gasteiger partial charge is 0.480 e. The minimum atomic E-state index is -4.63. The summed E-state index contributed by atoms with van der Waals surface area (Å²) in [5.41, 5.74) is 5.35. The summed E-state index contributed by atoms with van der Waals surface area (Å²) in [6.45, 7) is 3.66. The average molecular weight is 794 g/mol. The van der Waals surface area contributed by atoms with Gasteiger partial charge in [-0.3, -0.25) is 18.6 Å². The Morgan fingerprint density at radius 1 is 0.600 bits per heavy atom. The molecule has 0 saturated carbocycles. The van der Waals surface area contributed by atoms with Gasteiger partial charge in [0.15, 0.2) is 0 Å². The lowest BCUT2D eigenvalue weighted by molar-refractivity contribution is -0.154. The van der Waals surface area contributed by atoms with E-state index < -0.39 is 45.1 Å². The van der Waals surface area contributed by atoms with E-state index in [9.17, 15) is 19.0 Å². The van der Waals surface area contributed by atoms with Gasteiger partial charge >= 0.3 is 19.8 Å². The van der Waals surface area contributed by atoms with Crippen molar-refractivity contribution in [3.8, 4) is 0 Å². The number of carboxylic acid groups (broad SMARTS) is 1. The third kappa shape index (κ3) is 39.4. The fourth-order valence-electron chi connectivity index (χ4n) is 5.21. The minimum Gasteiger partial charge on any atom is -0.480 e. The Morgan fingerprint density at radius 3 is 1.58 bits per heavy atom. The molecule has 0 aliphatic carbocycles. The van der Waals surface area contributed by atoms with Gasteiger partial charge < -0.3 is 25.2 Å². The van der Waals surface area contributed by atoms with Crippen LogP contribution in [0.4, 0.5) is 0 Å². The third-order valence-electron chi connectivity index (χ3n) is 8.47. The lowest BCUT2D eigenvalue weighted by Gasteiger charge is -2.20. The Bertz CT molecular complexity index is 1150. The van der Waals surface area contributed by atoms with Crippen molar-refractivity contribution >= 4 is 19.8 Å². The number of esters is 1. The number of allylic oxidation sites excluding steroid dienone is 12. The van der Waals surface area contributed by atoms with E-state index in [0.29, 0.717) is 13.0 Å². The number of carbonyl (C=O) groups excluding carboxylic acids is 1. The summed E-state index contributed by atoms with van der Waals surface area (Å²) < 4.78 is 33.3. The second kappa shape index (κ2) is 39.6. The van der Waals surface area contributed by atoms with Crippen LogP contribution in [0.15, 0.2) is 72.9 Å². The lowest BCUT2D eigenvalue weighted by Crippen LogP contribution is -2.34. The molecule has 0 aromatic heterocycles. The molecule has 3 atom stereocenters. The number of phosphoric ester groups is 1. The second-order valence-corrected chi connectivity index (χ2v) is 15.2. The van der Waals surface area contributed by atoms with Crippen LogP contribution in [0.2, 0.25) is 0 Å². The summed E-state index contributed by atoms with van der Waals surface area (Å²) in [6.07, 6.45) is 48.1. The van der Waals surface area contributed by atoms with Gasteiger partial charge in [0.25, 0.3) is 0 Å². The van der Waals surface area contributed by atoms with Crippen LogP contribution in [0.1, 0.15) is 155 Å². The van der Waals surface area contributed by atoms with Crippen LogP contribution in [0.5, 0.6) is 0 Å². The zero-order valence-corrected chi connectivity index (χ0v) is 35.1. The van der Waals surface area contributed by atoms with Crippen LogP contribution in [0.25, 0.3) is 0 Å². The highest BCUT2D eigenvalue weighted by Gasteiger charge is 2.27. The number of hydrogen-bond acceptors (Lipinski definition) is 8. The average Bonchev–Trinajstić information content (AvgIpc) is 3.16. The highest BCUT2D eigenvalue weighted by atomic mass is 31.2. The topological polar surface area (TPSA) is 155 Å². The van der Waals surface area contributed by atoms with Crippen LogP contribution in [0, 0.1) is 0 Å². The number of ether oxygens (including phenoxy) is 2. The summed E-state index contributed by atoms with van der Waals surface area (Å²) in [5, 5.41) is 8.89. The maximum absolute atomic E-state index is 12.6. The van der Waals surface area contributed by atoms with Crippen LogP contribution >= 0.6 is 7.82 Å². The Kier molecular flexibility index (Phi) is 37.8. The molecule has 0 aromatic rings. The second-order valence-electron chi connectivity index (χ2n) is 13.7. The van der Waals surface area contributed by atoms with E-state index in [1.807, 2.05) is 0 Å². The van der Waals surface area contributed by atoms with Crippen molar-refractivity contribution in [2.75, 3.05) is 26.4 Å². The Morgan fingerprint density at radius 2 is 1.05 bits per heavy atom. The number of nitrogens with two attached hydrogens (primary N) is 1. The smallest absolute Gasteiger partial charge is 0.472 e. The summed E-state index contributed by atoms with van der Waals surface area (Å²) in [5.74, 6) is -1.81. The number of rotatable bonds is 39. The first-order valence-corrected chi connectivity index (χ1v) is 22.5. The molecule has 0 saturated heterocycles. The summed E-state index contributed by atoms with van der Waals surface area (Å²) >= 11 is 0. The summed E-state index contributed by atoms with van der Waals surface area (Å²) in [4.78, 5) is 33.5. The molecule has 55 heavy (non-hydrogen) atoms. The van der Waals surface area contributed by atoms with E-state index >= 15 is 0 Å². The monoisotopic (exact) mass is 794 g/mol. The van der Waals surface area contributed by atoms with E-state index in [1.165, 1.54) is 19.3 Å². The predicted molar refractivity (Wildman–Crippen MR) is 226 cm³/mol. The number of unbranched alkanes of at least 4 members (excludes halogenated alkanes) is 13. The zero-order valence-electron chi connectivity index (χ0n) is 34.2. The van der Waals surface area contributed by atoms with Crippen LogP contribution in [-0.2, 0) is 32.7 Å². The lowest BCUT2D eigenvalue weighted by atomic mass is 10.1. The molecule has 0 aromatic carbocycles. The standard InChI is InChI=1S/C44H76NO9P/c1-3-5-7-9-11-13-15-17-19-20-21-23-25-27-29-31-33-35-37-51-38-41(39-52-55(49,50)53-40-42(45)44(47)48)54-43(46)36-34-32-30-28-26-24-22-18-16-14-12-10-8-6-4-2/h5,7,11-14,17-19,21-23,41-42H,3-4,6,8-10,15-16,20,24-40,45H2,1-2H3,(H,47,48)(H,49,50)/b7-5-,13-11-,14-12-,19-17-,22-18-,23-21-. The predicted octanol–water partition coefficient (Wildman–Crippen LogP) is 11.4. The van der Waals surface area contributed by atoms with Crippen LogP contribution in [-0.4, -0.2) is 60.5 Å². The van der Waals surface area contributed by atoms with Gasteiger partial charge in [0.05, 0.1) is 19.8 Å². The van der Waals surface area contributed by atoms with Crippen LogP contribution in [0.3, 0.4) is 0 Å². The van der Waals surface area contributed by atoms with Crippen LogP contribution < -0.4 is 5.73 Å². The first-order valence-electron chi connectivity index (χ1n) is 21.0. The van der Waals surface area contributed by atoms with E-state index in [2.05, 4.69) is 86.8 Å². The van der Waals surface area contributed by atoms with E-state index in [-0.39, 0.29) is 13.0 Å². The number of hydrogen-bond donors (Lipinski definition) is 3. The molecule has 0 rings (SSSR count). The number of carbonyl (C=O) groups is 2. The highest BCUT2D eigenvalue weighted by Crippen LogP contribution is 2.43. The molecule has 0 spiro atoms. The molecule has 0 heterocycles. The first kappa shape index (κ1) is 52.4. The van der Waals surface area contributed by atoms with Gasteiger partial charge in [0, 0.05) is 13.0 Å². The van der Waals surface area contributed by atoms with Gasteiger partial charge in [-0.2, -0.15) is 0 Å². The van der Waals surface area contributed by atoms with E-state index in [1.54, 1.807) is 0 Å². The third-order valence-corrected chi connectivity index (χ3v) is 9.42. The normalized spacial score (nSPS) is 14.7. The van der Waals surface area contributed by atoms with Crippen molar-refractivity contribution in [2.24, 2.45) is 5.73 Å². The number of carboxylic acids is 1. The molecule has 10 nitrogen and oxygen atoms in total. The maximum Gasteiger partial charge on any atom is 0.472 e. The summed E-state index contributed by atoms with van der Waals surface area (Å²) in [7, 11) is -4.63. The minimum absolute atomic E-state index is 0.00558. The fourth-order valence-corrected chi connectivity index (χ4v) is 5.99. The van der Waals surface area contributed by atoms with Gasteiger partial charge in [-0.15, -0.1) is 0 Å². The molecule has 0 aliphatic heterocycles. The van der Waals surface area contributed by atoms with Gasteiger partial charge in [-0.25, -0.2) is 4.57 Å². The fraction of sp³-hybridized carbons (Fsp3) is 0.682. The molecule has 11 heteroatoms. The Balaban J connectivity index is 4.34. The first-order chi connectivity index (χ1) is 26.7. The van der Waals surface area contributed by atoms with Crippen molar-refractivity contribution in [1.82, 2.24) is 0 Å². The Hall–Kier alpha value is -2.59. The van der Waals surface area contributed by atoms with Crippen molar-refractivity contribution < 1.29 is 42.7 Å². The zero-order chi connectivity index (χ0) is 40.5. The number of aliphatic carboxylic acids is 1. The van der Waals surface area contributed by atoms with Gasteiger partial charge in [0.2, 0.25) is 0 Å². The SMILES string of the molecule is CC/C=C\C/C=C\C/C=C\C/C=C\CCCCCCCOCC(COP(=O)(O)OCC(N)C(=O)O)OC(=O)CCCCCCC/C=C\C/C=C\CCCCC. The van der Waals surface area contributed by atoms with Gasteiger partial charge in [-0.05, 0) is 83.5 Å². The van der Waals surface area contributed by atoms with Crippen molar-refractivity contribution in [2.45, 2.75) is 167 Å². The molecule has 0 bridgehead atoms. The molecule has 0 amide bonds. The number of phosphoric acid groups is 1. The molecular weight excluding hydrogens is 717 g/mol. The maximum atomic E-state index is 12.6. The molecule has 0 radical (unpaired) electrons. The van der Waals surface area contributed by atoms with E-state index in [4.69, 9.17) is 29.4 Å². The Labute approximate surface area is 334 Å². The van der Waals surface area contributed by atoms with Crippen molar-refractivity contribution in [1.29, 1.82) is 0 Å². The van der Waals surface area contributed by atoms with Crippen molar-refractivity contribution in [3.63, 3.8) is 0 Å². The molecular formula is C44H76NO9P. The molecule has 316 valence electrons. The highest BCUT2D eigenvalue weighted by molar-refractivity contribution is 7.47. The molecule has 3 unspecified atom stereocenters. The summed E-state index contributed by atoms with van der Waals surface area (Å²) in [6, 6.07) is -1.48. The van der Waals surface area contributed by atoms with Crippen molar-refractivity contribution in [3.05, 3.63) is 72.9 Å². The van der Waals surface area contributed by atoms with E-state index in [0.717, 1.165) is 109 Å².